The van der Waals surface area contributed by atoms with Gasteiger partial charge in [-0.25, -0.2) is 0 Å². The Hall–Kier alpha value is -2.02. The van der Waals surface area contributed by atoms with Crippen molar-refractivity contribution >= 4 is 29.5 Å². The van der Waals surface area contributed by atoms with E-state index in [1.807, 2.05) is 36.6 Å². The molecule has 1 aromatic rings. The van der Waals surface area contributed by atoms with Crippen LogP contribution in [-0.4, -0.2) is 49.5 Å². The maximum atomic E-state index is 12.4. The third kappa shape index (κ3) is 6.62. The fourth-order valence-corrected chi connectivity index (χ4v) is 2.52. The Morgan fingerprint density at radius 1 is 1.17 bits per heavy atom. The molecule has 7 heteroatoms. The minimum atomic E-state index is -0.680. The predicted molar refractivity (Wildman–Crippen MR) is 94.8 cm³/mol. The summed E-state index contributed by atoms with van der Waals surface area (Å²) in [5.41, 5.74) is 0.883. The molecule has 0 fully saturated rings. The quantitative estimate of drug-likeness (QED) is 0.655. The highest BCUT2D eigenvalue weighted by Crippen LogP contribution is 2.15. The highest BCUT2D eigenvalue weighted by Gasteiger charge is 2.24. The monoisotopic (exact) mass is 352 g/mol. The van der Waals surface area contributed by atoms with Gasteiger partial charge in [0.05, 0.1) is 13.0 Å². The van der Waals surface area contributed by atoms with Crippen LogP contribution >= 0.6 is 11.8 Å². The van der Waals surface area contributed by atoms with Gasteiger partial charge in [0.1, 0.15) is 12.6 Å². The summed E-state index contributed by atoms with van der Waals surface area (Å²) in [7, 11) is 1.25. The Kier molecular flexibility index (Phi) is 8.93. The molecule has 0 aliphatic rings. The molecule has 2 atom stereocenters. The lowest BCUT2D eigenvalue weighted by molar-refractivity contribution is -0.141. The molecule has 6 nitrogen and oxygen atoms in total. The molecule has 0 saturated carbocycles. The van der Waals surface area contributed by atoms with E-state index in [1.165, 1.54) is 7.11 Å². The number of carbonyl (C=O) groups excluding carboxylic acids is 3. The van der Waals surface area contributed by atoms with E-state index in [4.69, 9.17) is 0 Å². The summed E-state index contributed by atoms with van der Waals surface area (Å²) in [6.45, 7) is 1.58. The number of nitrogens with one attached hydrogen (secondary N) is 2. The first-order valence-electron chi connectivity index (χ1n) is 7.68. The molecular formula is C17H24N2O4S. The second-order valence-electron chi connectivity index (χ2n) is 5.27. The number of thioether (sulfide) groups is 1. The van der Waals surface area contributed by atoms with Crippen molar-refractivity contribution < 1.29 is 19.1 Å². The molecule has 0 saturated heterocycles. The average Bonchev–Trinajstić information content (AvgIpc) is 2.62. The van der Waals surface area contributed by atoms with E-state index in [2.05, 4.69) is 15.4 Å². The van der Waals surface area contributed by atoms with Crippen LogP contribution in [0.1, 0.15) is 24.8 Å². The highest BCUT2D eigenvalue weighted by atomic mass is 32.2. The van der Waals surface area contributed by atoms with Crippen LogP contribution in [0.25, 0.3) is 0 Å². The van der Waals surface area contributed by atoms with E-state index >= 15 is 0 Å². The lowest BCUT2D eigenvalue weighted by atomic mass is 10.00. The molecule has 0 aromatic heterocycles. The summed E-state index contributed by atoms with van der Waals surface area (Å²) in [6, 6.07) is 8.69. The minimum absolute atomic E-state index is 0.213. The van der Waals surface area contributed by atoms with Crippen LogP contribution < -0.4 is 10.6 Å². The van der Waals surface area contributed by atoms with Crippen LogP contribution in [-0.2, 0) is 19.1 Å². The maximum absolute atomic E-state index is 12.4. The van der Waals surface area contributed by atoms with Gasteiger partial charge in [0, 0.05) is 0 Å². The van der Waals surface area contributed by atoms with Gasteiger partial charge in [0.15, 0.2) is 0 Å². The van der Waals surface area contributed by atoms with Gasteiger partial charge in [-0.15, -0.1) is 0 Å². The lowest BCUT2D eigenvalue weighted by Gasteiger charge is -2.20. The van der Waals surface area contributed by atoms with E-state index in [9.17, 15) is 14.4 Å². The van der Waals surface area contributed by atoms with Gasteiger partial charge in [0.2, 0.25) is 11.8 Å². The van der Waals surface area contributed by atoms with Crippen LogP contribution in [0.5, 0.6) is 0 Å². The van der Waals surface area contributed by atoms with Crippen molar-refractivity contribution in [2.24, 2.45) is 0 Å². The summed E-state index contributed by atoms with van der Waals surface area (Å²) in [4.78, 5) is 35.8. The van der Waals surface area contributed by atoms with Gasteiger partial charge < -0.3 is 15.4 Å². The summed E-state index contributed by atoms with van der Waals surface area (Å²) in [5.74, 6) is -0.785. The summed E-state index contributed by atoms with van der Waals surface area (Å²) >= 11 is 1.59. The standard InChI is InChI=1S/C17H24N2O4S/c1-12(13-7-5-4-6-8-13)16(21)19-14(9-10-24-3)17(22)18-11-15(20)23-2/h4-8,12,14H,9-11H2,1-3H3,(H,18,22)(H,19,21)/t12-,14+/m1/s1. The number of esters is 1. The van der Waals surface area contributed by atoms with Gasteiger partial charge in [0.25, 0.3) is 0 Å². The van der Waals surface area contributed by atoms with E-state index in [1.54, 1.807) is 18.7 Å². The normalized spacial score (nSPS) is 12.8. The summed E-state index contributed by atoms with van der Waals surface area (Å²) in [5, 5.41) is 5.26. The van der Waals surface area contributed by atoms with Gasteiger partial charge in [-0.05, 0) is 30.9 Å². The van der Waals surface area contributed by atoms with Crippen molar-refractivity contribution in [3.05, 3.63) is 35.9 Å². The van der Waals surface area contributed by atoms with Crippen molar-refractivity contribution in [1.82, 2.24) is 10.6 Å². The van der Waals surface area contributed by atoms with Crippen LogP contribution in [0.4, 0.5) is 0 Å². The molecular weight excluding hydrogens is 328 g/mol. The Labute approximate surface area is 146 Å². The molecule has 2 N–H and O–H groups in total. The fraction of sp³-hybridized carbons (Fsp3) is 0.471. The third-order valence-electron chi connectivity index (χ3n) is 3.57. The first-order chi connectivity index (χ1) is 11.5. The number of carbonyl (C=O) groups is 3. The van der Waals surface area contributed by atoms with Crippen molar-refractivity contribution in [3.8, 4) is 0 Å². The van der Waals surface area contributed by atoms with Gasteiger partial charge >= 0.3 is 5.97 Å². The van der Waals surface area contributed by atoms with E-state index in [0.29, 0.717) is 6.42 Å². The number of hydrogen-bond acceptors (Lipinski definition) is 5. The zero-order chi connectivity index (χ0) is 17.9. The summed E-state index contributed by atoms with van der Waals surface area (Å²) in [6.07, 6.45) is 2.42. The van der Waals surface area contributed by atoms with Crippen LogP contribution in [0.15, 0.2) is 30.3 Å². The average molecular weight is 352 g/mol. The minimum Gasteiger partial charge on any atom is -0.468 e. The van der Waals surface area contributed by atoms with Gasteiger partial charge in [-0.3, -0.25) is 14.4 Å². The van der Waals surface area contributed by atoms with E-state index in [-0.39, 0.29) is 24.3 Å². The molecule has 0 bridgehead atoms. The molecule has 1 aromatic carbocycles. The summed E-state index contributed by atoms with van der Waals surface area (Å²) < 4.78 is 4.49. The number of methoxy groups -OCH3 is 1. The predicted octanol–water partition coefficient (Wildman–Crippen LogP) is 1.32. The highest BCUT2D eigenvalue weighted by molar-refractivity contribution is 7.98. The molecule has 0 unspecified atom stereocenters. The molecule has 24 heavy (non-hydrogen) atoms. The van der Waals surface area contributed by atoms with Gasteiger partial charge in [-0.1, -0.05) is 30.3 Å². The molecule has 0 heterocycles. The first-order valence-corrected chi connectivity index (χ1v) is 9.07. The number of amides is 2. The first kappa shape index (κ1) is 20.0. The van der Waals surface area contributed by atoms with E-state index in [0.717, 1.165) is 11.3 Å². The Balaban J connectivity index is 2.68. The molecule has 0 aliphatic carbocycles. The molecule has 0 aliphatic heterocycles. The number of rotatable bonds is 9. The Bertz CT molecular complexity index is 551. The fourth-order valence-electron chi connectivity index (χ4n) is 2.05. The number of benzene rings is 1. The van der Waals surface area contributed by atoms with Crippen molar-refractivity contribution in [1.29, 1.82) is 0 Å². The van der Waals surface area contributed by atoms with Crippen molar-refractivity contribution in [3.63, 3.8) is 0 Å². The Morgan fingerprint density at radius 2 is 1.83 bits per heavy atom. The SMILES string of the molecule is COC(=O)CNC(=O)[C@H](CCSC)NC(=O)[C@H](C)c1ccccc1. The van der Waals surface area contributed by atoms with Crippen LogP contribution in [0, 0.1) is 0 Å². The second-order valence-corrected chi connectivity index (χ2v) is 6.25. The molecule has 2 amide bonds. The van der Waals surface area contributed by atoms with Gasteiger partial charge in [-0.2, -0.15) is 11.8 Å². The lowest BCUT2D eigenvalue weighted by Crippen LogP contribution is -2.49. The largest absolute Gasteiger partial charge is 0.468 e. The van der Waals surface area contributed by atoms with Crippen LogP contribution in [0.2, 0.25) is 0 Å². The maximum Gasteiger partial charge on any atom is 0.325 e. The molecule has 0 spiro atoms. The van der Waals surface area contributed by atoms with Crippen LogP contribution in [0.3, 0.4) is 0 Å². The second kappa shape index (κ2) is 10.7. The molecule has 132 valence electrons. The zero-order valence-corrected chi connectivity index (χ0v) is 15.0. The smallest absolute Gasteiger partial charge is 0.325 e. The van der Waals surface area contributed by atoms with Crippen molar-refractivity contribution in [2.75, 3.05) is 25.7 Å². The number of ether oxygens (including phenoxy) is 1. The Morgan fingerprint density at radius 3 is 2.42 bits per heavy atom. The third-order valence-corrected chi connectivity index (χ3v) is 4.22. The topological polar surface area (TPSA) is 84.5 Å². The number of hydrogen-bond donors (Lipinski definition) is 2. The molecule has 0 radical (unpaired) electrons. The zero-order valence-electron chi connectivity index (χ0n) is 14.2. The molecule has 1 rings (SSSR count). The van der Waals surface area contributed by atoms with E-state index < -0.39 is 12.0 Å². The van der Waals surface area contributed by atoms with Crippen molar-refractivity contribution in [2.45, 2.75) is 25.3 Å².